The Morgan fingerprint density at radius 1 is 1.14 bits per heavy atom. The highest BCUT2D eigenvalue weighted by Crippen LogP contribution is 2.20. The van der Waals surface area contributed by atoms with E-state index in [1.807, 2.05) is 43.3 Å². The Kier molecular flexibility index (Phi) is 5.71. The molecule has 2 aromatic rings. The number of nitrogens with one attached hydrogen (secondary N) is 1. The Balaban J connectivity index is 1.83. The van der Waals surface area contributed by atoms with Crippen molar-refractivity contribution in [1.82, 2.24) is 5.32 Å². The van der Waals surface area contributed by atoms with Crippen molar-refractivity contribution in [3.8, 4) is 0 Å². The van der Waals surface area contributed by atoms with Crippen LogP contribution in [0.1, 0.15) is 24.1 Å². The predicted octanol–water partition coefficient (Wildman–Crippen LogP) is 4.62. The zero-order valence-electron chi connectivity index (χ0n) is 12.1. The smallest absolute Gasteiger partial charge is 0.230 e. The van der Waals surface area contributed by atoms with E-state index in [0.29, 0.717) is 10.8 Å². The summed E-state index contributed by atoms with van der Waals surface area (Å²) < 4.78 is 0. The van der Waals surface area contributed by atoms with Crippen molar-refractivity contribution in [2.75, 3.05) is 5.75 Å². The summed E-state index contributed by atoms with van der Waals surface area (Å²) in [4.78, 5) is 13.0. The van der Waals surface area contributed by atoms with Gasteiger partial charge in [-0.2, -0.15) is 0 Å². The fraction of sp³-hybridized carbons (Fsp3) is 0.235. The van der Waals surface area contributed by atoms with E-state index < -0.39 is 0 Å². The van der Waals surface area contributed by atoms with Gasteiger partial charge in [-0.15, -0.1) is 11.8 Å². The molecule has 0 radical (unpaired) electrons. The number of carbonyl (C=O) groups is 1. The predicted molar refractivity (Wildman–Crippen MR) is 89.9 cm³/mol. The molecule has 110 valence electrons. The number of carbonyl (C=O) groups excluding carboxylic acids is 1. The lowest BCUT2D eigenvalue weighted by Gasteiger charge is -2.14. The highest BCUT2D eigenvalue weighted by Gasteiger charge is 2.09. The largest absolute Gasteiger partial charge is 0.349 e. The Morgan fingerprint density at radius 3 is 2.38 bits per heavy atom. The van der Waals surface area contributed by atoms with Crippen molar-refractivity contribution in [1.29, 1.82) is 0 Å². The molecule has 2 rings (SSSR count). The first-order valence-electron chi connectivity index (χ1n) is 6.79. The van der Waals surface area contributed by atoms with Crippen LogP contribution in [0.25, 0.3) is 0 Å². The molecule has 0 unspecified atom stereocenters. The molecule has 0 fully saturated rings. The summed E-state index contributed by atoms with van der Waals surface area (Å²) in [5.41, 5.74) is 2.33. The zero-order valence-corrected chi connectivity index (χ0v) is 13.7. The number of halogens is 1. The lowest BCUT2D eigenvalue weighted by Crippen LogP contribution is -2.28. The van der Waals surface area contributed by atoms with E-state index in [1.54, 1.807) is 0 Å². The van der Waals surface area contributed by atoms with Crippen LogP contribution < -0.4 is 5.32 Å². The number of aryl methyl sites for hydroxylation is 1. The first kappa shape index (κ1) is 15.9. The molecule has 21 heavy (non-hydrogen) atoms. The quantitative estimate of drug-likeness (QED) is 0.815. The van der Waals surface area contributed by atoms with Gasteiger partial charge in [0.2, 0.25) is 5.91 Å². The Morgan fingerprint density at radius 2 is 1.76 bits per heavy atom. The summed E-state index contributed by atoms with van der Waals surface area (Å²) in [5, 5.41) is 3.72. The molecular weight excluding hydrogens is 302 g/mol. The second-order valence-electron chi connectivity index (χ2n) is 4.94. The minimum atomic E-state index is 0.0175. The maximum absolute atomic E-state index is 12.0. The van der Waals surface area contributed by atoms with Crippen LogP contribution in [0.5, 0.6) is 0 Å². The van der Waals surface area contributed by atoms with Gasteiger partial charge < -0.3 is 5.32 Å². The summed E-state index contributed by atoms with van der Waals surface area (Å²) in [5.74, 6) is 0.431. The minimum Gasteiger partial charge on any atom is -0.349 e. The fourth-order valence-corrected chi connectivity index (χ4v) is 2.74. The van der Waals surface area contributed by atoms with Crippen LogP contribution in [0.3, 0.4) is 0 Å². The molecule has 4 heteroatoms. The molecule has 0 heterocycles. The van der Waals surface area contributed by atoms with E-state index in [9.17, 15) is 4.79 Å². The number of thioether (sulfide) groups is 1. The maximum Gasteiger partial charge on any atom is 0.230 e. The fourth-order valence-electron chi connectivity index (χ4n) is 1.90. The Hall–Kier alpha value is -1.45. The van der Waals surface area contributed by atoms with Crippen LogP contribution >= 0.6 is 23.4 Å². The highest BCUT2D eigenvalue weighted by atomic mass is 35.5. The van der Waals surface area contributed by atoms with Crippen LogP contribution in [-0.4, -0.2) is 11.7 Å². The molecule has 2 nitrogen and oxygen atoms in total. The monoisotopic (exact) mass is 319 g/mol. The number of hydrogen-bond acceptors (Lipinski definition) is 2. The zero-order chi connectivity index (χ0) is 15.2. The van der Waals surface area contributed by atoms with Gasteiger partial charge in [0.05, 0.1) is 11.8 Å². The Labute approximate surface area is 134 Å². The highest BCUT2D eigenvalue weighted by molar-refractivity contribution is 8.00. The molecule has 0 aliphatic rings. The normalized spacial score (nSPS) is 12.0. The molecule has 2 aromatic carbocycles. The first-order chi connectivity index (χ1) is 10.0. The molecule has 0 spiro atoms. The molecule has 0 aliphatic carbocycles. The van der Waals surface area contributed by atoms with Crippen LogP contribution in [-0.2, 0) is 4.79 Å². The van der Waals surface area contributed by atoms with Gasteiger partial charge in [-0.1, -0.05) is 41.4 Å². The van der Waals surface area contributed by atoms with Gasteiger partial charge in [-0.25, -0.2) is 0 Å². The van der Waals surface area contributed by atoms with Gasteiger partial charge in [0.1, 0.15) is 0 Å². The minimum absolute atomic E-state index is 0.0175. The molecule has 0 aliphatic heterocycles. The topological polar surface area (TPSA) is 29.1 Å². The van der Waals surface area contributed by atoms with E-state index in [-0.39, 0.29) is 11.9 Å². The molecule has 0 bridgehead atoms. The van der Waals surface area contributed by atoms with Crippen LogP contribution in [0.2, 0.25) is 5.02 Å². The van der Waals surface area contributed by atoms with Gasteiger partial charge in [0.15, 0.2) is 0 Å². The standard InChI is InChI=1S/C17H18ClNOS/c1-12-3-5-14(6-4-12)13(2)19-17(20)11-21-16-9-7-15(18)8-10-16/h3-10,13H,11H2,1-2H3,(H,19,20)/t13-/m1/s1. The lowest BCUT2D eigenvalue weighted by atomic mass is 10.1. The summed E-state index contributed by atoms with van der Waals surface area (Å²) in [6.07, 6.45) is 0. The first-order valence-corrected chi connectivity index (χ1v) is 8.15. The maximum atomic E-state index is 12.0. The molecule has 1 amide bonds. The number of benzene rings is 2. The van der Waals surface area contributed by atoms with Crippen molar-refractivity contribution in [3.63, 3.8) is 0 Å². The van der Waals surface area contributed by atoms with Crippen LogP contribution in [0, 0.1) is 6.92 Å². The summed E-state index contributed by atoms with van der Waals surface area (Å²) >= 11 is 7.34. The lowest BCUT2D eigenvalue weighted by molar-refractivity contribution is -0.119. The van der Waals surface area contributed by atoms with Crippen molar-refractivity contribution < 1.29 is 4.79 Å². The molecule has 0 saturated heterocycles. The summed E-state index contributed by atoms with van der Waals surface area (Å²) in [6.45, 7) is 4.05. The SMILES string of the molecule is Cc1ccc([C@@H](C)NC(=O)CSc2ccc(Cl)cc2)cc1. The second kappa shape index (κ2) is 7.53. The molecule has 1 N–H and O–H groups in total. The van der Waals surface area contributed by atoms with Crippen molar-refractivity contribution in [2.45, 2.75) is 24.8 Å². The third-order valence-corrected chi connectivity index (χ3v) is 4.40. The van der Waals surface area contributed by atoms with E-state index in [4.69, 9.17) is 11.6 Å². The summed E-state index contributed by atoms with van der Waals surface area (Å²) in [7, 11) is 0. The molecule has 0 aromatic heterocycles. The average Bonchev–Trinajstić information content (AvgIpc) is 2.47. The van der Waals surface area contributed by atoms with E-state index in [1.165, 1.54) is 17.3 Å². The van der Waals surface area contributed by atoms with Gasteiger partial charge in [-0.05, 0) is 43.7 Å². The van der Waals surface area contributed by atoms with E-state index in [2.05, 4.69) is 24.4 Å². The van der Waals surface area contributed by atoms with Crippen molar-refractivity contribution >= 4 is 29.3 Å². The number of hydrogen-bond donors (Lipinski definition) is 1. The molecular formula is C17H18ClNOS. The average molecular weight is 320 g/mol. The van der Waals surface area contributed by atoms with Gasteiger partial charge >= 0.3 is 0 Å². The van der Waals surface area contributed by atoms with Gasteiger partial charge in [0.25, 0.3) is 0 Å². The van der Waals surface area contributed by atoms with Crippen LogP contribution in [0.4, 0.5) is 0 Å². The molecule has 0 saturated carbocycles. The number of rotatable bonds is 5. The third kappa shape index (κ3) is 5.10. The van der Waals surface area contributed by atoms with Gasteiger partial charge in [-0.3, -0.25) is 4.79 Å². The van der Waals surface area contributed by atoms with Crippen molar-refractivity contribution in [2.24, 2.45) is 0 Å². The summed E-state index contributed by atoms with van der Waals surface area (Å²) in [6, 6.07) is 15.7. The van der Waals surface area contributed by atoms with Crippen LogP contribution in [0.15, 0.2) is 53.4 Å². The molecule has 1 atom stereocenters. The number of amides is 1. The van der Waals surface area contributed by atoms with Gasteiger partial charge in [0, 0.05) is 9.92 Å². The van der Waals surface area contributed by atoms with E-state index >= 15 is 0 Å². The van der Waals surface area contributed by atoms with Crippen molar-refractivity contribution in [3.05, 3.63) is 64.7 Å². The third-order valence-electron chi connectivity index (χ3n) is 3.14. The Bertz CT molecular complexity index is 595. The second-order valence-corrected chi connectivity index (χ2v) is 6.43. The van der Waals surface area contributed by atoms with E-state index in [0.717, 1.165) is 10.5 Å².